The van der Waals surface area contributed by atoms with Gasteiger partial charge >= 0.3 is 0 Å². The van der Waals surface area contributed by atoms with E-state index < -0.39 is 20.5 Å². The van der Waals surface area contributed by atoms with E-state index in [1.807, 2.05) is 0 Å². The quantitative estimate of drug-likeness (QED) is 0.646. The van der Waals surface area contributed by atoms with Crippen molar-refractivity contribution in [2.45, 2.75) is 31.5 Å². The van der Waals surface area contributed by atoms with Crippen LogP contribution in [-0.4, -0.2) is 25.7 Å². The number of ether oxygens (including phenoxy) is 1. The Labute approximate surface area is 68.7 Å². The van der Waals surface area contributed by atoms with Crippen LogP contribution in [0.2, 0.25) is 0 Å². The van der Waals surface area contributed by atoms with Gasteiger partial charge in [-0.3, -0.25) is 0 Å². The molecule has 2 atom stereocenters. The molecular weight excluding hydrogens is 164 g/mol. The third-order valence-corrected chi connectivity index (χ3v) is 3.61. The average molecular weight is 179 g/mol. The van der Waals surface area contributed by atoms with Crippen molar-refractivity contribution in [3.63, 3.8) is 0 Å². The predicted molar refractivity (Wildman–Crippen MR) is 44.8 cm³/mol. The van der Waals surface area contributed by atoms with Crippen molar-refractivity contribution in [3.8, 4) is 0 Å². The molecule has 11 heavy (non-hydrogen) atoms. The molecule has 0 bridgehead atoms. The van der Waals surface area contributed by atoms with E-state index in [1.165, 1.54) is 6.92 Å². The molecule has 3 nitrogen and oxygen atoms in total. The van der Waals surface area contributed by atoms with Gasteiger partial charge in [-0.2, -0.15) is 0 Å². The van der Waals surface area contributed by atoms with E-state index in [0.717, 1.165) is 0 Å². The predicted octanol–water partition coefficient (Wildman–Crippen LogP) is 1.01. The van der Waals surface area contributed by atoms with E-state index in [9.17, 15) is 8.42 Å². The van der Waals surface area contributed by atoms with Crippen LogP contribution < -0.4 is 0 Å². The first-order valence-electron chi connectivity index (χ1n) is 3.60. The highest BCUT2D eigenvalue weighted by Gasteiger charge is 2.24. The van der Waals surface area contributed by atoms with E-state index in [0.29, 0.717) is 6.61 Å². The van der Waals surface area contributed by atoms with Gasteiger partial charge in [-0.15, -0.1) is 0 Å². The minimum atomic E-state index is -3.17. The van der Waals surface area contributed by atoms with Crippen molar-refractivity contribution in [2.75, 3.05) is 6.61 Å². The molecule has 0 rings (SSSR count). The first-order valence-corrected chi connectivity index (χ1v) is 5.21. The van der Waals surface area contributed by atoms with Crippen molar-refractivity contribution < 1.29 is 13.2 Å². The molecule has 0 saturated carbocycles. The molecule has 0 amide bonds. The lowest BCUT2D eigenvalue weighted by Gasteiger charge is -2.14. The molecule has 0 aromatic heterocycles. The third kappa shape index (κ3) is 2.79. The summed E-state index contributed by atoms with van der Waals surface area (Å²) in [6.45, 7) is 8.69. The number of rotatable bonds is 4. The van der Waals surface area contributed by atoms with E-state index in [4.69, 9.17) is 4.74 Å². The second-order valence-electron chi connectivity index (χ2n) is 2.42. The molecule has 1 radical (unpaired) electrons. The van der Waals surface area contributed by atoms with Gasteiger partial charge in [-0.25, -0.2) is 8.42 Å². The lowest BCUT2D eigenvalue weighted by molar-refractivity contribution is 0.129. The maximum Gasteiger partial charge on any atom is 0.179 e. The molecule has 4 heteroatoms. The second-order valence-corrected chi connectivity index (χ2v) is 5.07. The van der Waals surface area contributed by atoms with Gasteiger partial charge < -0.3 is 4.74 Å². The molecular formula is C7H15O3S. The highest BCUT2D eigenvalue weighted by atomic mass is 32.2. The van der Waals surface area contributed by atoms with E-state index in [1.54, 1.807) is 13.8 Å². The fraction of sp³-hybridized carbons (Fsp3) is 0.857. The van der Waals surface area contributed by atoms with Crippen LogP contribution in [0, 0.1) is 6.92 Å². The highest BCUT2D eigenvalue weighted by Crippen LogP contribution is 2.09. The van der Waals surface area contributed by atoms with Gasteiger partial charge in [0.1, 0.15) is 0 Å². The first-order chi connectivity index (χ1) is 4.92. The van der Waals surface area contributed by atoms with Crippen LogP contribution in [0.5, 0.6) is 0 Å². The van der Waals surface area contributed by atoms with Gasteiger partial charge in [0, 0.05) is 6.61 Å². The zero-order chi connectivity index (χ0) is 9.07. The van der Waals surface area contributed by atoms with Crippen LogP contribution >= 0.6 is 0 Å². The summed E-state index contributed by atoms with van der Waals surface area (Å²) < 4.78 is 27.4. The maximum atomic E-state index is 11.2. The average Bonchev–Trinajstić information content (AvgIpc) is 1.88. The number of sulfone groups is 1. The molecule has 0 spiro atoms. The summed E-state index contributed by atoms with van der Waals surface area (Å²) in [5.74, 6) is 0. The van der Waals surface area contributed by atoms with Crippen LogP contribution in [0.4, 0.5) is 0 Å². The molecule has 0 aliphatic rings. The summed E-state index contributed by atoms with van der Waals surface area (Å²) in [5, 5.41) is -0.607. The van der Waals surface area contributed by atoms with Gasteiger partial charge in [-0.05, 0) is 27.7 Å². The van der Waals surface area contributed by atoms with Gasteiger partial charge in [0.05, 0.1) is 5.25 Å². The van der Waals surface area contributed by atoms with Crippen LogP contribution in [0.3, 0.4) is 0 Å². The fourth-order valence-corrected chi connectivity index (χ4v) is 1.64. The van der Waals surface area contributed by atoms with Crippen molar-refractivity contribution in [1.29, 1.82) is 0 Å². The summed E-state index contributed by atoms with van der Waals surface area (Å²) in [5.41, 5.74) is -0.736. The van der Waals surface area contributed by atoms with E-state index in [-0.39, 0.29) is 0 Å². The maximum absolute atomic E-state index is 11.2. The molecule has 0 aliphatic carbocycles. The largest absolute Gasteiger partial charge is 0.363 e. The Morgan fingerprint density at radius 1 is 1.45 bits per heavy atom. The summed E-state index contributed by atoms with van der Waals surface area (Å²) >= 11 is 0. The molecule has 0 N–H and O–H groups in total. The minimum absolute atomic E-state index is 0.410. The summed E-state index contributed by atoms with van der Waals surface area (Å²) in [7, 11) is -3.17. The number of hydrogen-bond donors (Lipinski definition) is 0. The molecule has 0 saturated heterocycles. The fourth-order valence-electron chi connectivity index (χ4n) is 0.657. The SMILES string of the molecule is [CH2]C(C)S(=O)(=O)C(C)OCC. The molecule has 2 unspecified atom stereocenters. The molecule has 0 aromatic carbocycles. The van der Waals surface area contributed by atoms with Crippen LogP contribution in [0.1, 0.15) is 20.8 Å². The van der Waals surface area contributed by atoms with E-state index >= 15 is 0 Å². The zero-order valence-electron chi connectivity index (χ0n) is 7.20. The minimum Gasteiger partial charge on any atom is -0.363 e. The Balaban J connectivity index is 4.32. The van der Waals surface area contributed by atoms with Crippen molar-refractivity contribution >= 4 is 9.84 Å². The Bertz CT molecular complexity index is 194. The highest BCUT2D eigenvalue weighted by molar-refractivity contribution is 7.92. The summed E-state index contributed by atoms with van der Waals surface area (Å²) in [6.07, 6.45) is 0. The third-order valence-electron chi connectivity index (χ3n) is 1.42. The summed E-state index contributed by atoms with van der Waals surface area (Å²) in [6, 6.07) is 0. The van der Waals surface area contributed by atoms with E-state index in [2.05, 4.69) is 6.92 Å². The molecule has 0 aliphatic heterocycles. The van der Waals surface area contributed by atoms with Crippen molar-refractivity contribution in [3.05, 3.63) is 6.92 Å². The lowest BCUT2D eigenvalue weighted by Crippen LogP contribution is -2.28. The normalized spacial score (nSPS) is 15.4. The standard InChI is InChI=1S/C7H15O3S/c1-5-10-7(4)11(8,9)6(2)3/h6-7H,2,5H2,1,3-4H3. The Morgan fingerprint density at radius 2 is 1.91 bits per heavy atom. The Morgan fingerprint density at radius 3 is 2.18 bits per heavy atom. The first kappa shape index (κ1) is 10.9. The summed E-state index contributed by atoms with van der Waals surface area (Å²) in [4.78, 5) is 0. The van der Waals surface area contributed by atoms with Crippen LogP contribution in [-0.2, 0) is 14.6 Å². The molecule has 0 fully saturated rings. The Kier molecular flexibility index (Phi) is 4.03. The topological polar surface area (TPSA) is 43.4 Å². The van der Waals surface area contributed by atoms with Crippen molar-refractivity contribution in [1.82, 2.24) is 0 Å². The molecule has 67 valence electrons. The number of hydrogen-bond acceptors (Lipinski definition) is 3. The van der Waals surface area contributed by atoms with Crippen LogP contribution in [0.15, 0.2) is 0 Å². The molecule has 0 aromatic rings. The smallest absolute Gasteiger partial charge is 0.179 e. The Hall–Kier alpha value is -0.0900. The van der Waals surface area contributed by atoms with Crippen LogP contribution in [0.25, 0.3) is 0 Å². The van der Waals surface area contributed by atoms with Gasteiger partial charge in [0.15, 0.2) is 15.3 Å². The van der Waals surface area contributed by atoms with Gasteiger partial charge in [0.25, 0.3) is 0 Å². The monoisotopic (exact) mass is 179 g/mol. The second kappa shape index (κ2) is 4.07. The molecule has 0 heterocycles. The lowest BCUT2D eigenvalue weighted by atomic mass is 10.6. The van der Waals surface area contributed by atoms with Gasteiger partial charge in [0.2, 0.25) is 0 Å². The van der Waals surface area contributed by atoms with Crippen molar-refractivity contribution in [2.24, 2.45) is 0 Å². The zero-order valence-corrected chi connectivity index (χ0v) is 8.02. The van der Waals surface area contributed by atoms with Gasteiger partial charge in [-0.1, -0.05) is 0 Å².